The van der Waals surface area contributed by atoms with Gasteiger partial charge in [-0.1, -0.05) is 32.1 Å². The van der Waals surface area contributed by atoms with Crippen LogP contribution in [0.4, 0.5) is 11.5 Å². The van der Waals surface area contributed by atoms with Crippen LogP contribution >= 0.6 is 0 Å². The van der Waals surface area contributed by atoms with Crippen molar-refractivity contribution in [3.63, 3.8) is 0 Å². The molecule has 6 heteroatoms. The Hall–Kier alpha value is -2.24. The van der Waals surface area contributed by atoms with Crippen molar-refractivity contribution in [1.29, 1.82) is 0 Å². The molecule has 2 N–H and O–H groups in total. The van der Waals surface area contributed by atoms with Gasteiger partial charge in [-0.3, -0.25) is 9.69 Å². The summed E-state index contributed by atoms with van der Waals surface area (Å²) in [7, 11) is 0. The van der Waals surface area contributed by atoms with Crippen molar-refractivity contribution in [2.45, 2.75) is 70.3 Å². The summed E-state index contributed by atoms with van der Waals surface area (Å²) >= 11 is 0. The van der Waals surface area contributed by atoms with Crippen molar-refractivity contribution in [2.24, 2.45) is 5.92 Å². The van der Waals surface area contributed by atoms with Crippen LogP contribution in [-0.4, -0.2) is 28.6 Å². The molecule has 6 nitrogen and oxygen atoms in total. The van der Waals surface area contributed by atoms with E-state index < -0.39 is 0 Å². The molecule has 0 saturated heterocycles. The fourth-order valence-corrected chi connectivity index (χ4v) is 4.08. The van der Waals surface area contributed by atoms with Gasteiger partial charge in [0.1, 0.15) is 5.82 Å². The molecular formula is C21H30N4O2. The highest BCUT2D eigenvalue weighted by atomic mass is 16.6. The lowest BCUT2D eigenvalue weighted by Crippen LogP contribution is -2.36. The van der Waals surface area contributed by atoms with Crippen LogP contribution in [0.15, 0.2) is 30.4 Å². The van der Waals surface area contributed by atoms with Gasteiger partial charge < -0.3 is 15.4 Å². The van der Waals surface area contributed by atoms with Gasteiger partial charge in [0.05, 0.1) is 24.8 Å². The summed E-state index contributed by atoms with van der Waals surface area (Å²) in [6, 6.07) is 4.24. The summed E-state index contributed by atoms with van der Waals surface area (Å²) in [5.41, 5.74) is 6.63. The molecule has 0 atom stereocenters. The molecule has 2 heterocycles. The molecule has 0 aromatic carbocycles. The quantitative estimate of drug-likeness (QED) is 0.732. The highest BCUT2D eigenvalue weighted by Gasteiger charge is 2.31. The summed E-state index contributed by atoms with van der Waals surface area (Å²) in [5.74, 6) is 1.82. The zero-order valence-corrected chi connectivity index (χ0v) is 16.0. The highest BCUT2D eigenvalue weighted by molar-refractivity contribution is 5.71. The number of rotatable bonds is 7. The molecule has 146 valence electrons. The summed E-state index contributed by atoms with van der Waals surface area (Å²) in [6.45, 7) is 0.695. The molecule has 1 aromatic heterocycles. The van der Waals surface area contributed by atoms with Crippen LogP contribution in [0.1, 0.15) is 64.2 Å². The first-order valence-corrected chi connectivity index (χ1v) is 10.4. The number of nitrogens with two attached hydrogens (primary N) is 1. The maximum absolute atomic E-state index is 12.4. The molecule has 1 aromatic rings. The normalized spacial score (nSPS) is 20.7. The monoisotopic (exact) mass is 370 g/mol. The van der Waals surface area contributed by atoms with Crippen LogP contribution in [0.5, 0.6) is 0 Å². The van der Waals surface area contributed by atoms with Crippen molar-refractivity contribution in [3.8, 4) is 0 Å². The smallest absolute Gasteiger partial charge is 0.312 e. The number of carbonyl (C=O) groups excluding carboxylic acids is 1. The number of anilines is 2. The van der Waals surface area contributed by atoms with E-state index in [1.165, 1.54) is 44.9 Å². The number of aromatic nitrogens is 1. The Morgan fingerprint density at radius 2 is 2.00 bits per heavy atom. The molecule has 0 spiro atoms. The predicted octanol–water partition coefficient (Wildman–Crippen LogP) is 4.00. The number of carbonyl (C=O) groups is 1. The SMILES string of the molecule is Nc1ccc(N2CN(C3CCCCC3)C=C2OC(=O)CCCC2CC2)cn1. The Bertz CT molecular complexity index is 678. The van der Waals surface area contributed by atoms with E-state index >= 15 is 0 Å². The minimum Gasteiger partial charge on any atom is -0.408 e. The lowest BCUT2D eigenvalue weighted by Gasteiger charge is -2.32. The maximum Gasteiger partial charge on any atom is 0.312 e. The van der Waals surface area contributed by atoms with Crippen LogP contribution < -0.4 is 10.6 Å². The third kappa shape index (κ3) is 4.73. The zero-order chi connectivity index (χ0) is 18.6. The van der Waals surface area contributed by atoms with Crippen molar-refractivity contribution in [1.82, 2.24) is 9.88 Å². The Labute approximate surface area is 161 Å². The Morgan fingerprint density at radius 1 is 1.19 bits per heavy atom. The molecule has 2 fully saturated rings. The first-order chi connectivity index (χ1) is 13.2. The van der Waals surface area contributed by atoms with Crippen LogP contribution in [0.2, 0.25) is 0 Å². The fourth-order valence-electron chi connectivity index (χ4n) is 4.08. The van der Waals surface area contributed by atoms with E-state index in [-0.39, 0.29) is 5.97 Å². The van der Waals surface area contributed by atoms with E-state index in [9.17, 15) is 4.79 Å². The minimum atomic E-state index is -0.138. The highest BCUT2D eigenvalue weighted by Crippen LogP contribution is 2.34. The van der Waals surface area contributed by atoms with Crippen LogP contribution in [0.3, 0.4) is 0 Å². The van der Waals surface area contributed by atoms with Gasteiger partial charge >= 0.3 is 5.97 Å². The number of nitrogen functional groups attached to an aromatic ring is 1. The average molecular weight is 370 g/mol. The number of hydrogen-bond acceptors (Lipinski definition) is 6. The molecule has 2 aliphatic carbocycles. The third-order valence-electron chi connectivity index (χ3n) is 5.88. The second kappa shape index (κ2) is 8.19. The summed E-state index contributed by atoms with van der Waals surface area (Å²) in [5, 5.41) is 0. The van der Waals surface area contributed by atoms with E-state index in [1.54, 1.807) is 12.3 Å². The lowest BCUT2D eigenvalue weighted by atomic mass is 9.95. The fraction of sp³-hybridized carbons (Fsp3) is 0.619. The number of hydrogen-bond donors (Lipinski definition) is 1. The largest absolute Gasteiger partial charge is 0.408 e. The Kier molecular flexibility index (Phi) is 5.50. The van der Waals surface area contributed by atoms with Gasteiger partial charge in [-0.05, 0) is 43.7 Å². The first kappa shape index (κ1) is 18.1. The van der Waals surface area contributed by atoms with E-state index in [0.29, 0.717) is 30.8 Å². The van der Waals surface area contributed by atoms with Crippen molar-refractivity contribution in [2.75, 3.05) is 17.3 Å². The molecule has 0 amide bonds. The van der Waals surface area contributed by atoms with Crippen molar-refractivity contribution >= 4 is 17.5 Å². The van der Waals surface area contributed by atoms with E-state index in [0.717, 1.165) is 24.4 Å². The van der Waals surface area contributed by atoms with Crippen LogP contribution in [0, 0.1) is 5.92 Å². The summed E-state index contributed by atoms with van der Waals surface area (Å²) in [4.78, 5) is 20.9. The van der Waals surface area contributed by atoms with Crippen LogP contribution in [-0.2, 0) is 9.53 Å². The molecule has 0 bridgehead atoms. The summed E-state index contributed by atoms with van der Waals surface area (Å²) < 4.78 is 5.78. The standard InChI is InChI=1S/C21H30N4O2/c22-19-12-11-18(13-23-19)25-15-24(17-6-2-1-3-7-17)14-20(25)27-21(26)8-4-5-16-9-10-16/h11-14,16-17H,1-10,15H2,(H2,22,23). The zero-order valence-electron chi connectivity index (χ0n) is 16.0. The third-order valence-corrected chi connectivity index (χ3v) is 5.88. The van der Waals surface area contributed by atoms with E-state index in [1.807, 2.05) is 17.2 Å². The number of nitrogens with zero attached hydrogens (tertiary/aromatic N) is 3. The van der Waals surface area contributed by atoms with E-state index in [2.05, 4.69) is 9.88 Å². The topological polar surface area (TPSA) is 71.7 Å². The molecular weight excluding hydrogens is 340 g/mol. The Balaban J connectivity index is 1.43. The van der Waals surface area contributed by atoms with Gasteiger partial charge in [-0.15, -0.1) is 0 Å². The molecule has 1 aliphatic heterocycles. The van der Waals surface area contributed by atoms with Crippen molar-refractivity contribution < 1.29 is 9.53 Å². The lowest BCUT2D eigenvalue weighted by molar-refractivity contribution is -0.139. The average Bonchev–Trinajstić information content (AvgIpc) is 3.42. The van der Waals surface area contributed by atoms with Gasteiger partial charge in [0.15, 0.2) is 0 Å². The van der Waals surface area contributed by atoms with Crippen LogP contribution in [0.25, 0.3) is 0 Å². The number of ether oxygens (including phenoxy) is 1. The number of esters is 1. The molecule has 27 heavy (non-hydrogen) atoms. The van der Waals surface area contributed by atoms with E-state index in [4.69, 9.17) is 10.5 Å². The maximum atomic E-state index is 12.4. The van der Waals surface area contributed by atoms with Gasteiger partial charge in [-0.2, -0.15) is 0 Å². The van der Waals surface area contributed by atoms with Gasteiger partial charge in [-0.25, -0.2) is 4.98 Å². The second-order valence-electron chi connectivity index (χ2n) is 8.09. The predicted molar refractivity (Wildman–Crippen MR) is 105 cm³/mol. The molecule has 0 radical (unpaired) electrons. The first-order valence-electron chi connectivity index (χ1n) is 10.4. The summed E-state index contributed by atoms with van der Waals surface area (Å²) in [6.07, 6.45) is 15.2. The molecule has 4 rings (SSSR count). The molecule has 0 unspecified atom stereocenters. The van der Waals surface area contributed by atoms with Crippen molar-refractivity contribution in [3.05, 3.63) is 30.4 Å². The Morgan fingerprint density at radius 3 is 2.70 bits per heavy atom. The molecule has 3 aliphatic rings. The second-order valence-corrected chi connectivity index (χ2v) is 8.09. The van der Waals surface area contributed by atoms with Gasteiger partial charge in [0.25, 0.3) is 0 Å². The minimum absolute atomic E-state index is 0.138. The molecule has 2 saturated carbocycles. The van der Waals surface area contributed by atoms with Gasteiger partial charge in [0, 0.05) is 12.5 Å². The van der Waals surface area contributed by atoms with Gasteiger partial charge in [0.2, 0.25) is 5.88 Å². The number of pyridine rings is 1.